The molecule has 0 N–H and O–H groups in total. The normalized spacial score (nSPS) is 24.1. The maximum absolute atomic E-state index is 12.6. The maximum atomic E-state index is 12.6. The van der Waals surface area contributed by atoms with Gasteiger partial charge in [0.15, 0.2) is 11.5 Å². The Kier molecular flexibility index (Phi) is 2.80. The average Bonchev–Trinajstić information content (AvgIpc) is 2.43. The first-order valence-electron chi connectivity index (χ1n) is 6.59. The van der Waals surface area contributed by atoms with Gasteiger partial charge in [-0.05, 0) is 13.8 Å². The molecule has 1 atom stereocenters. The van der Waals surface area contributed by atoms with E-state index in [1.165, 1.54) is 0 Å². The summed E-state index contributed by atoms with van der Waals surface area (Å²) in [7, 11) is 1.55. The van der Waals surface area contributed by atoms with Crippen molar-refractivity contribution in [2.45, 2.75) is 32.0 Å². The fourth-order valence-corrected chi connectivity index (χ4v) is 2.83. The van der Waals surface area contributed by atoms with Crippen LogP contribution in [0.3, 0.4) is 0 Å². The number of carbonyl (C=O) groups is 2. The molecular weight excluding hydrogens is 256 g/mol. The van der Waals surface area contributed by atoms with Gasteiger partial charge in [-0.15, -0.1) is 0 Å². The van der Waals surface area contributed by atoms with E-state index in [0.717, 1.165) is 0 Å². The molecule has 2 aliphatic rings. The lowest BCUT2D eigenvalue weighted by Gasteiger charge is -2.39. The monoisotopic (exact) mass is 272 g/mol. The number of hydrogen-bond donors (Lipinski definition) is 0. The lowest BCUT2D eigenvalue weighted by Crippen LogP contribution is -2.43. The van der Waals surface area contributed by atoms with Crippen molar-refractivity contribution in [1.29, 1.82) is 0 Å². The van der Waals surface area contributed by atoms with Crippen LogP contribution in [0.25, 0.3) is 0 Å². The highest BCUT2D eigenvalue weighted by Crippen LogP contribution is 2.39. The van der Waals surface area contributed by atoms with Crippen molar-refractivity contribution in [3.05, 3.63) is 46.7 Å². The number of benzene rings is 1. The highest BCUT2D eigenvalue weighted by molar-refractivity contribution is 6.26. The Hall–Kier alpha value is -1.94. The van der Waals surface area contributed by atoms with Crippen LogP contribution in [-0.2, 0) is 9.47 Å². The zero-order chi connectivity index (χ0) is 14.5. The Morgan fingerprint density at radius 3 is 2.35 bits per heavy atom. The molecule has 3 rings (SSSR count). The van der Waals surface area contributed by atoms with Crippen molar-refractivity contribution >= 4 is 11.6 Å². The summed E-state index contributed by atoms with van der Waals surface area (Å²) >= 11 is 0. The fraction of sp³-hybridized carbons (Fsp3) is 0.375. The summed E-state index contributed by atoms with van der Waals surface area (Å²) in [6.07, 6.45) is 0.141. The van der Waals surface area contributed by atoms with Gasteiger partial charge in [0.25, 0.3) is 0 Å². The molecule has 4 nitrogen and oxygen atoms in total. The van der Waals surface area contributed by atoms with Crippen LogP contribution >= 0.6 is 0 Å². The molecule has 4 heteroatoms. The molecule has 0 saturated heterocycles. The number of carbonyl (C=O) groups excluding carboxylic acids is 2. The first kappa shape index (κ1) is 13.1. The molecule has 0 saturated carbocycles. The van der Waals surface area contributed by atoms with E-state index in [1.807, 2.05) is 13.8 Å². The van der Waals surface area contributed by atoms with Crippen LogP contribution in [0.1, 0.15) is 41.0 Å². The van der Waals surface area contributed by atoms with Gasteiger partial charge in [-0.1, -0.05) is 24.3 Å². The molecule has 104 valence electrons. The van der Waals surface area contributed by atoms with Gasteiger partial charge in [0.05, 0.1) is 11.7 Å². The largest absolute Gasteiger partial charge is 0.483 e. The van der Waals surface area contributed by atoms with Crippen molar-refractivity contribution in [1.82, 2.24) is 0 Å². The van der Waals surface area contributed by atoms with Gasteiger partial charge in [-0.2, -0.15) is 0 Å². The van der Waals surface area contributed by atoms with Crippen molar-refractivity contribution in [3.8, 4) is 0 Å². The summed E-state index contributed by atoms with van der Waals surface area (Å²) < 4.78 is 11.2. The number of rotatable bonds is 1. The molecule has 1 heterocycles. The predicted molar refractivity (Wildman–Crippen MR) is 72.7 cm³/mol. The molecule has 0 radical (unpaired) electrons. The van der Waals surface area contributed by atoms with E-state index in [2.05, 4.69) is 0 Å². The molecule has 20 heavy (non-hydrogen) atoms. The second-order valence-corrected chi connectivity index (χ2v) is 5.74. The number of ketones is 2. The van der Waals surface area contributed by atoms with Gasteiger partial charge in [-0.3, -0.25) is 9.59 Å². The lowest BCUT2D eigenvalue weighted by molar-refractivity contribution is -0.0361. The molecule has 0 amide bonds. The summed E-state index contributed by atoms with van der Waals surface area (Å²) in [5, 5.41) is 0. The summed E-state index contributed by atoms with van der Waals surface area (Å²) in [5.41, 5.74) is 0.669. The molecule has 0 fully saturated rings. The second-order valence-electron chi connectivity index (χ2n) is 5.74. The molecule has 1 aliphatic carbocycles. The van der Waals surface area contributed by atoms with Crippen molar-refractivity contribution in [2.24, 2.45) is 0 Å². The summed E-state index contributed by atoms with van der Waals surface area (Å²) in [4.78, 5) is 25.2. The van der Waals surface area contributed by atoms with E-state index in [4.69, 9.17) is 9.47 Å². The van der Waals surface area contributed by atoms with E-state index in [-0.39, 0.29) is 17.3 Å². The van der Waals surface area contributed by atoms with Crippen molar-refractivity contribution in [3.63, 3.8) is 0 Å². The van der Waals surface area contributed by atoms with Gasteiger partial charge in [0.1, 0.15) is 5.60 Å². The highest BCUT2D eigenvalue weighted by Gasteiger charge is 2.45. The molecule has 1 aliphatic heterocycles. The molecular formula is C16H16O4. The minimum atomic E-state index is -0.526. The quantitative estimate of drug-likeness (QED) is 0.788. The first-order valence-corrected chi connectivity index (χ1v) is 6.59. The third-order valence-electron chi connectivity index (χ3n) is 3.77. The van der Waals surface area contributed by atoms with E-state index >= 15 is 0 Å². The van der Waals surface area contributed by atoms with Crippen LogP contribution in [0.5, 0.6) is 0 Å². The van der Waals surface area contributed by atoms with E-state index in [9.17, 15) is 9.59 Å². The van der Waals surface area contributed by atoms with Crippen LogP contribution in [-0.4, -0.2) is 30.4 Å². The van der Waals surface area contributed by atoms with Crippen molar-refractivity contribution < 1.29 is 19.1 Å². The third-order valence-corrected chi connectivity index (χ3v) is 3.77. The van der Waals surface area contributed by atoms with E-state index in [0.29, 0.717) is 23.1 Å². The smallest absolute Gasteiger partial charge is 0.228 e. The maximum Gasteiger partial charge on any atom is 0.228 e. The van der Waals surface area contributed by atoms with Crippen molar-refractivity contribution in [2.75, 3.05) is 7.11 Å². The number of ether oxygens (including phenoxy) is 2. The Morgan fingerprint density at radius 2 is 1.75 bits per heavy atom. The predicted octanol–water partition coefficient (Wildman–Crippen LogP) is 2.53. The zero-order valence-corrected chi connectivity index (χ0v) is 11.7. The number of hydrogen-bond acceptors (Lipinski definition) is 4. The van der Waals surface area contributed by atoms with Gasteiger partial charge in [0.2, 0.25) is 5.78 Å². The third kappa shape index (κ3) is 1.79. The van der Waals surface area contributed by atoms with Gasteiger partial charge in [0, 0.05) is 24.7 Å². The minimum absolute atomic E-state index is 0.150. The van der Waals surface area contributed by atoms with Gasteiger partial charge >= 0.3 is 0 Å². The second kappa shape index (κ2) is 4.28. The molecule has 0 aromatic heterocycles. The Morgan fingerprint density at radius 1 is 1.15 bits per heavy atom. The van der Waals surface area contributed by atoms with E-state index in [1.54, 1.807) is 31.4 Å². The molecule has 1 aromatic rings. The average molecular weight is 272 g/mol. The van der Waals surface area contributed by atoms with Crippen LogP contribution in [0.2, 0.25) is 0 Å². The fourth-order valence-electron chi connectivity index (χ4n) is 2.83. The van der Waals surface area contributed by atoms with E-state index < -0.39 is 11.7 Å². The Balaban J connectivity index is 2.20. The number of allylic oxidation sites excluding steroid dienone is 1. The first-order chi connectivity index (χ1) is 9.44. The zero-order valence-electron chi connectivity index (χ0n) is 11.7. The Bertz CT molecular complexity index is 640. The highest BCUT2D eigenvalue weighted by atomic mass is 16.5. The topological polar surface area (TPSA) is 52.6 Å². The molecule has 0 bridgehead atoms. The SMILES string of the molecule is COC1CC(C)(C)OC2=C1C(=O)c1ccccc1C2=O. The molecule has 1 aromatic carbocycles. The molecule has 1 unspecified atom stereocenters. The van der Waals surface area contributed by atoms with Gasteiger partial charge in [-0.25, -0.2) is 0 Å². The van der Waals surface area contributed by atoms with Crippen LogP contribution < -0.4 is 0 Å². The number of methoxy groups -OCH3 is 1. The summed E-state index contributed by atoms with van der Waals surface area (Å²) in [6.45, 7) is 3.78. The summed E-state index contributed by atoms with van der Waals surface area (Å²) in [6, 6.07) is 6.83. The summed E-state index contributed by atoms with van der Waals surface area (Å²) in [5.74, 6) is -0.251. The van der Waals surface area contributed by atoms with Crippen LogP contribution in [0.15, 0.2) is 35.6 Å². The minimum Gasteiger partial charge on any atom is -0.483 e. The van der Waals surface area contributed by atoms with Crippen LogP contribution in [0, 0.1) is 0 Å². The van der Waals surface area contributed by atoms with Crippen LogP contribution in [0.4, 0.5) is 0 Å². The Labute approximate surface area is 117 Å². The lowest BCUT2D eigenvalue weighted by atomic mass is 9.80. The number of Topliss-reactive ketones (excluding diaryl/α,β-unsaturated/α-hetero) is 2. The van der Waals surface area contributed by atoms with Gasteiger partial charge < -0.3 is 9.47 Å². The number of fused-ring (bicyclic) bond motifs is 1. The molecule has 0 spiro atoms. The standard InChI is InChI=1S/C16H16O4/c1-16(2)8-11(19-3)12-13(17)9-6-4-5-7-10(9)14(18)15(12)20-16/h4-7,11H,8H2,1-3H3.